The predicted octanol–water partition coefficient (Wildman–Crippen LogP) is 7.09. The molecule has 0 N–H and O–H groups in total. The molecular weight excluding hydrogens is 499 g/mol. The van der Waals surface area contributed by atoms with Gasteiger partial charge in [0.25, 0.3) is 0 Å². The molecule has 0 bridgehead atoms. The van der Waals surface area contributed by atoms with Crippen LogP contribution < -0.4 is 14.2 Å². The summed E-state index contributed by atoms with van der Waals surface area (Å²) in [6.45, 7) is 0. The van der Waals surface area contributed by atoms with Crippen molar-refractivity contribution < 1.29 is 14.2 Å². The summed E-state index contributed by atoms with van der Waals surface area (Å²) in [5.41, 5.74) is 3.74. The molecule has 1 aliphatic rings. The summed E-state index contributed by atoms with van der Waals surface area (Å²) in [5, 5.41) is 2.05. The molecule has 0 aromatic heterocycles. The van der Waals surface area contributed by atoms with Gasteiger partial charge in [-0.3, -0.25) is 0 Å². The molecule has 3 aromatic rings. The average Bonchev–Trinajstić information content (AvgIpc) is 2.88. The van der Waals surface area contributed by atoms with E-state index in [9.17, 15) is 0 Å². The second-order valence-corrected chi connectivity index (χ2v) is 12.0. The van der Waals surface area contributed by atoms with Crippen molar-refractivity contribution >= 4 is 26.6 Å². The van der Waals surface area contributed by atoms with Gasteiger partial charge in [0.1, 0.15) is 0 Å². The van der Waals surface area contributed by atoms with Crippen molar-refractivity contribution in [2.75, 3.05) is 21.3 Å². The molecule has 174 valence electrons. The Labute approximate surface area is 208 Å². The zero-order chi connectivity index (χ0) is 23.3. The van der Waals surface area contributed by atoms with Crippen LogP contribution in [0.5, 0.6) is 17.2 Å². The van der Waals surface area contributed by atoms with Crippen molar-refractivity contribution in [2.45, 2.75) is 41.2 Å². The third kappa shape index (κ3) is 5.19. The third-order valence-corrected chi connectivity index (χ3v) is 10.3. The van der Waals surface area contributed by atoms with E-state index >= 15 is 0 Å². The Morgan fingerprint density at radius 1 is 0.879 bits per heavy atom. The van der Waals surface area contributed by atoms with Crippen LogP contribution >= 0.6 is 11.6 Å². The summed E-state index contributed by atoms with van der Waals surface area (Å²) in [7, 11) is 5.10. The number of ether oxygens (including phenoxy) is 3. The Bertz CT molecular complexity index is 1020. The van der Waals surface area contributed by atoms with E-state index in [4.69, 9.17) is 25.8 Å². The van der Waals surface area contributed by atoms with Crippen LogP contribution in [0.3, 0.4) is 0 Å². The number of methoxy groups -OCH3 is 3. The van der Waals surface area contributed by atoms with Crippen LogP contribution in [-0.2, 0) is 4.31 Å². The van der Waals surface area contributed by atoms with E-state index in [-0.39, 0.29) is 10.2 Å². The molecule has 2 unspecified atom stereocenters. The van der Waals surface area contributed by atoms with Crippen molar-refractivity contribution in [1.82, 2.24) is 0 Å². The Kier molecular flexibility index (Phi) is 7.90. The van der Waals surface area contributed by atoms with Crippen LogP contribution in [0.2, 0.25) is 10.3 Å². The minimum absolute atomic E-state index is 0.0956. The van der Waals surface area contributed by atoms with Crippen LogP contribution in [0.25, 0.3) is 0 Å². The van der Waals surface area contributed by atoms with Crippen molar-refractivity contribution in [3.8, 4) is 17.2 Å². The van der Waals surface area contributed by atoms with E-state index in [1.54, 1.807) is 21.3 Å². The van der Waals surface area contributed by atoms with Gasteiger partial charge in [-0.2, -0.15) is 0 Å². The standard InChI is InChI=1S/C28H31ClO3Se/c1-30-23-17-25(31-2)27(26(18-23)32-3)24(20-11-13-22(29)14-12-20)19-28(15-7-8-16-33-28)21-9-5-4-6-10-21/h4-6,9-14,17-18,24H,7-8,15-16,19H2,1-3H3. The fourth-order valence-electron chi connectivity index (χ4n) is 4.89. The molecule has 4 rings (SSSR count). The second kappa shape index (κ2) is 10.9. The molecule has 33 heavy (non-hydrogen) atoms. The summed E-state index contributed by atoms with van der Waals surface area (Å²) in [6, 6.07) is 23.3. The van der Waals surface area contributed by atoms with Crippen molar-refractivity contribution in [2.24, 2.45) is 0 Å². The van der Waals surface area contributed by atoms with Gasteiger partial charge in [-0.15, -0.1) is 0 Å². The van der Waals surface area contributed by atoms with Gasteiger partial charge in [-0.1, -0.05) is 0 Å². The van der Waals surface area contributed by atoms with Crippen LogP contribution in [0.1, 0.15) is 48.3 Å². The summed E-state index contributed by atoms with van der Waals surface area (Å²) in [6.07, 6.45) is 4.80. The van der Waals surface area contributed by atoms with E-state index in [0.29, 0.717) is 15.0 Å². The van der Waals surface area contributed by atoms with Crippen molar-refractivity contribution in [1.29, 1.82) is 0 Å². The Morgan fingerprint density at radius 2 is 1.55 bits per heavy atom. The third-order valence-electron chi connectivity index (χ3n) is 6.56. The monoisotopic (exact) mass is 530 g/mol. The number of rotatable bonds is 8. The van der Waals surface area contributed by atoms with Gasteiger partial charge in [0.05, 0.1) is 0 Å². The van der Waals surface area contributed by atoms with Crippen LogP contribution in [-0.4, -0.2) is 36.3 Å². The first-order chi connectivity index (χ1) is 16.1. The summed E-state index contributed by atoms with van der Waals surface area (Å²) in [5.74, 6) is 2.40. The molecule has 0 aliphatic carbocycles. The first-order valence-electron chi connectivity index (χ1n) is 11.3. The Morgan fingerprint density at radius 3 is 2.09 bits per heavy atom. The van der Waals surface area contributed by atoms with Crippen LogP contribution in [0.4, 0.5) is 0 Å². The number of hydrogen-bond donors (Lipinski definition) is 0. The molecule has 0 radical (unpaired) electrons. The van der Waals surface area contributed by atoms with Gasteiger partial charge >= 0.3 is 209 Å². The van der Waals surface area contributed by atoms with Gasteiger partial charge < -0.3 is 0 Å². The molecular formula is C28H31ClO3Se. The summed E-state index contributed by atoms with van der Waals surface area (Å²) < 4.78 is 17.5. The molecule has 1 aliphatic heterocycles. The van der Waals surface area contributed by atoms with E-state index in [1.165, 1.54) is 35.7 Å². The first-order valence-corrected chi connectivity index (χ1v) is 13.8. The summed E-state index contributed by atoms with van der Waals surface area (Å²) in [4.78, 5) is 0. The topological polar surface area (TPSA) is 27.7 Å². The molecule has 0 spiro atoms. The molecule has 1 saturated heterocycles. The maximum absolute atomic E-state index is 6.27. The zero-order valence-corrected chi connectivity index (χ0v) is 21.9. The van der Waals surface area contributed by atoms with Crippen LogP contribution in [0.15, 0.2) is 66.7 Å². The predicted molar refractivity (Wildman–Crippen MR) is 137 cm³/mol. The normalized spacial score (nSPS) is 19.0. The Balaban J connectivity index is 1.89. The SMILES string of the molecule is COc1cc(OC)c(C(CC2(c3ccccc3)CCCC[Se]2)c2ccc(Cl)cc2)c(OC)c1. The minimum atomic E-state index is 0.0956. The van der Waals surface area contributed by atoms with E-state index in [0.717, 1.165) is 34.3 Å². The van der Waals surface area contributed by atoms with E-state index < -0.39 is 0 Å². The van der Waals surface area contributed by atoms with Gasteiger partial charge in [-0.05, 0) is 0 Å². The molecule has 0 amide bonds. The first kappa shape index (κ1) is 24.0. The number of hydrogen-bond acceptors (Lipinski definition) is 3. The maximum atomic E-state index is 6.27. The van der Waals surface area contributed by atoms with E-state index in [1.807, 2.05) is 24.3 Å². The van der Waals surface area contributed by atoms with Crippen molar-refractivity contribution in [3.05, 3.63) is 88.4 Å². The van der Waals surface area contributed by atoms with Gasteiger partial charge in [0, 0.05) is 0 Å². The zero-order valence-electron chi connectivity index (χ0n) is 19.5. The second-order valence-electron chi connectivity index (χ2n) is 8.42. The van der Waals surface area contributed by atoms with Crippen LogP contribution in [0, 0.1) is 0 Å². The molecule has 3 aromatic carbocycles. The number of benzene rings is 3. The molecule has 3 nitrogen and oxygen atoms in total. The fourth-order valence-corrected chi connectivity index (χ4v) is 8.40. The molecule has 0 saturated carbocycles. The van der Waals surface area contributed by atoms with Gasteiger partial charge in [-0.25, -0.2) is 0 Å². The summed E-state index contributed by atoms with van der Waals surface area (Å²) >= 11 is 6.78. The van der Waals surface area contributed by atoms with Crippen molar-refractivity contribution in [3.63, 3.8) is 0 Å². The quantitative estimate of drug-likeness (QED) is 0.292. The molecule has 1 heterocycles. The molecule has 1 fully saturated rings. The van der Waals surface area contributed by atoms with Gasteiger partial charge in [0.2, 0.25) is 0 Å². The Hall–Kier alpha value is -2.13. The fraction of sp³-hybridized carbons (Fsp3) is 0.357. The molecule has 5 heteroatoms. The van der Waals surface area contributed by atoms with Gasteiger partial charge in [0.15, 0.2) is 0 Å². The number of halogens is 1. The average molecular weight is 530 g/mol. The van der Waals surface area contributed by atoms with E-state index in [2.05, 4.69) is 42.5 Å². The molecule has 2 atom stereocenters.